The highest BCUT2D eigenvalue weighted by Gasteiger charge is 2.10. The summed E-state index contributed by atoms with van der Waals surface area (Å²) in [5.41, 5.74) is 2.13. The van der Waals surface area contributed by atoms with Crippen molar-refractivity contribution in [3.8, 4) is 22.8 Å². The summed E-state index contributed by atoms with van der Waals surface area (Å²) in [4.78, 5) is 9.90. The standard InChI is InChI=1S/C17H17N3OS/c1-3-18-17-19-16(13-7-5-4-6-8-13)20(22-17)14-9-11-15(21-2)12-10-14/h4-12H,3H2,1-2H3. The van der Waals surface area contributed by atoms with E-state index in [-0.39, 0.29) is 0 Å². The fourth-order valence-corrected chi connectivity index (χ4v) is 3.08. The highest BCUT2D eigenvalue weighted by atomic mass is 32.1. The first-order chi connectivity index (χ1) is 10.8. The summed E-state index contributed by atoms with van der Waals surface area (Å²) in [5, 5.41) is 0. The molecule has 0 aliphatic rings. The maximum absolute atomic E-state index is 5.22. The molecule has 0 saturated heterocycles. The number of nitrogens with zero attached hydrogens (tertiary/aromatic N) is 3. The van der Waals surface area contributed by atoms with Gasteiger partial charge in [0, 0.05) is 12.1 Å². The van der Waals surface area contributed by atoms with Crippen LogP contribution in [0.3, 0.4) is 0 Å². The Balaban J connectivity index is 2.14. The summed E-state index contributed by atoms with van der Waals surface area (Å²) in [5.74, 6) is 1.75. The fourth-order valence-electron chi connectivity index (χ4n) is 2.14. The molecule has 0 spiro atoms. The van der Waals surface area contributed by atoms with Crippen molar-refractivity contribution in [1.29, 1.82) is 0 Å². The topological polar surface area (TPSA) is 39.4 Å². The molecule has 0 atom stereocenters. The van der Waals surface area contributed by atoms with Gasteiger partial charge in [0.25, 0.3) is 0 Å². The van der Waals surface area contributed by atoms with Crippen molar-refractivity contribution in [2.75, 3.05) is 13.7 Å². The van der Waals surface area contributed by atoms with Crippen molar-refractivity contribution < 1.29 is 4.74 Å². The molecule has 2 aromatic carbocycles. The van der Waals surface area contributed by atoms with E-state index in [0.717, 1.165) is 34.2 Å². The van der Waals surface area contributed by atoms with E-state index in [2.05, 4.69) is 26.1 Å². The van der Waals surface area contributed by atoms with E-state index < -0.39 is 0 Å². The minimum Gasteiger partial charge on any atom is -0.497 e. The molecule has 5 heteroatoms. The normalized spacial score (nSPS) is 11.6. The molecule has 0 saturated carbocycles. The summed E-state index contributed by atoms with van der Waals surface area (Å²) < 4.78 is 7.32. The molecule has 0 aliphatic carbocycles. The van der Waals surface area contributed by atoms with E-state index >= 15 is 0 Å². The second kappa shape index (κ2) is 6.58. The van der Waals surface area contributed by atoms with Crippen LogP contribution in [0.4, 0.5) is 0 Å². The molecule has 0 N–H and O–H groups in total. The number of rotatable bonds is 4. The number of benzene rings is 2. The SMILES string of the molecule is CCN=c1nc(-c2ccccc2)n(-c2ccc(OC)cc2)s1. The molecule has 3 rings (SSSR count). The Labute approximate surface area is 133 Å². The summed E-state index contributed by atoms with van der Waals surface area (Å²) in [7, 11) is 1.67. The van der Waals surface area contributed by atoms with Crippen LogP contribution < -0.4 is 9.54 Å². The number of ether oxygens (including phenoxy) is 1. The lowest BCUT2D eigenvalue weighted by atomic mass is 10.2. The van der Waals surface area contributed by atoms with Crippen molar-refractivity contribution in [2.24, 2.45) is 4.99 Å². The van der Waals surface area contributed by atoms with Crippen LogP contribution in [0.1, 0.15) is 6.92 Å². The molecule has 0 unspecified atom stereocenters. The second-order valence-corrected chi connectivity index (χ2v) is 5.55. The third-order valence-electron chi connectivity index (χ3n) is 3.20. The largest absolute Gasteiger partial charge is 0.497 e. The Morgan fingerprint density at radius 3 is 2.45 bits per heavy atom. The molecule has 4 nitrogen and oxygen atoms in total. The number of methoxy groups -OCH3 is 1. The van der Waals surface area contributed by atoms with Crippen LogP contribution in [-0.2, 0) is 0 Å². The van der Waals surface area contributed by atoms with Crippen LogP contribution in [0.25, 0.3) is 17.1 Å². The van der Waals surface area contributed by atoms with E-state index in [1.54, 1.807) is 18.6 Å². The predicted molar refractivity (Wildman–Crippen MR) is 89.5 cm³/mol. The van der Waals surface area contributed by atoms with Gasteiger partial charge in [0.15, 0.2) is 5.82 Å². The van der Waals surface area contributed by atoms with Crippen molar-refractivity contribution >= 4 is 11.5 Å². The lowest BCUT2D eigenvalue weighted by Gasteiger charge is -2.07. The smallest absolute Gasteiger partial charge is 0.223 e. The van der Waals surface area contributed by atoms with Gasteiger partial charge >= 0.3 is 0 Å². The minimum absolute atomic E-state index is 0.727. The summed E-state index contributed by atoms with van der Waals surface area (Å²) in [6.07, 6.45) is 0. The third-order valence-corrected chi connectivity index (χ3v) is 4.15. The number of hydrogen-bond donors (Lipinski definition) is 0. The zero-order valence-corrected chi connectivity index (χ0v) is 13.4. The molecule has 1 heterocycles. The average Bonchev–Trinajstić information content (AvgIpc) is 3.00. The van der Waals surface area contributed by atoms with Crippen LogP contribution in [0.15, 0.2) is 59.6 Å². The van der Waals surface area contributed by atoms with Gasteiger partial charge in [-0.05, 0) is 42.7 Å². The van der Waals surface area contributed by atoms with Crippen LogP contribution in [-0.4, -0.2) is 22.6 Å². The van der Waals surface area contributed by atoms with Gasteiger partial charge in [-0.15, -0.1) is 0 Å². The maximum Gasteiger partial charge on any atom is 0.223 e. The lowest BCUT2D eigenvalue weighted by molar-refractivity contribution is 0.415. The zero-order valence-electron chi connectivity index (χ0n) is 12.6. The summed E-state index contributed by atoms with van der Waals surface area (Å²) in [6.45, 7) is 2.74. The molecule has 0 aliphatic heterocycles. The van der Waals surface area contributed by atoms with Crippen molar-refractivity contribution in [3.05, 3.63) is 59.4 Å². The van der Waals surface area contributed by atoms with Gasteiger partial charge in [0.2, 0.25) is 4.80 Å². The van der Waals surface area contributed by atoms with Gasteiger partial charge in [-0.2, -0.15) is 4.98 Å². The molecule has 22 heavy (non-hydrogen) atoms. The lowest BCUT2D eigenvalue weighted by Crippen LogP contribution is -1.98. The van der Waals surface area contributed by atoms with Crippen molar-refractivity contribution in [2.45, 2.75) is 6.92 Å². The first kappa shape index (κ1) is 14.5. The second-order valence-electron chi connectivity index (χ2n) is 4.64. The van der Waals surface area contributed by atoms with E-state index in [1.807, 2.05) is 49.4 Å². The van der Waals surface area contributed by atoms with E-state index in [9.17, 15) is 0 Å². The van der Waals surface area contributed by atoms with E-state index in [0.29, 0.717) is 0 Å². The van der Waals surface area contributed by atoms with Crippen molar-refractivity contribution in [3.63, 3.8) is 0 Å². The predicted octanol–water partition coefficient (Wildman–Crippen LogP) is 3.53. The van der Waals surface area contributed by atoms with Gasteiger partial charge in [0.05, 0.1) is 12.8 Å². The van der Waals surface area contributed by atoms with Crippen LogP contribution in [0.2, 0.25) is 0 Å². The zero-order chi connectivity index (χ0) is 15.4. The highest BCUT2D eigenvalue weighted by molar-refractivity contribution is 7.04. The third kappa shape index (κ3) is 2.94. The van der Waals surface area contributed by atoms with E-state index in [4.69, 9.17) is 4.74 Å². The molecule has 3 aromatic rings. The Morgan fingerprint density at radius 1 is 1.09 bits per heavy atom. The maximum atomic E-state index is 5.22. The average molecular weight is 311 g/mol. The molecule has 1 aromatic heterocycles. The molecule has 112 valence electrons. The summed E-state index contributed by atoms with van der Waals surface area (Å²) >= 11 is 1.54. The Hall–Kier alpha value is -2.40. The molecule has 0 fully saturated rings. The van der Waals surface area contributed by atoms with Crippen LogP contribution in [0, 0.1) is 0 Å². The monoisotopic (exact) mass is 311 g/mol. The first-order valence-corrected chi connectivity index (χ1v) is 7.90. The van der Waals surface area contributed by atoms with Gasteiger partial charge in [-0.25, -0.2) is 3.96 Å². The molecular weight excluding hydrogens is 294 g/mol. The molecule has 0 bridgehead atoms. The van der Waals surface area contributed by atoms with E-state index in [1.165, 1.54) is 0 Å². The van der Waals surface area contributed by atoms with Gasteiger partial charge < -0.3 is 4.74 Å². The van der Waals surface area contributed by atoms with Gasteiger partial charge in [-0.3, -0.25) is 4.99 Å². The minimum atomic E-state index is 0.727. The Bertz CT molecular complexity index is 804. The van der Waals surface area contributed by atoms with Crippen LogP contribution in [0.5, 0.6) is 5.75 Å². The Kier molecular flexibility index (Phi) is 4.34. The van der Waals surface area contributed by atoms with Gasteiger partial charge in [0.1, 0.15) is 5.75 Å². The Morgan fingerprint density at radius 2 is 1.82 bits per heavy atom. The van der Waals surface area contributed by atoms with Crippen LogP contribution >= 0.6 is 11.5 Å². The quantitative estimate of drug-likeness (QED) is 0.739. The number of hydrogen-bond acceptors (Lipinski definition) is 4. The molecule has 0 amide bonds. The number of aromatic nitrogens is 2. The van der Waals surface area contributed by atoms with Gasteiger partial charge in [-0.1, -0.05) is 30.3 Å². The fraction of sp³-hybridized carbons (Fsp3) is 0.176. The molecular formula is C17H17N3OS. The molecule has 0 radical (unpaired) electrons. The first-order valence-electron chi connectivity index (χ1n) is 7.12. The highest BCUT2D eigenvalue weighted by Crippen LogP contribution is 2.23. The van der Waals surface area contributed by atoms with Crippen molar-refractivity contribution in [1.82, 2.24) is 8.94 Å². The summed E-state index contributed by atoms with van der Waals surface area (Å²) in [6, 6.07) is 18.1.